The van der Waals surface area contributed by atoms with E-state index in [1.165, 1.54) is 6.08 Å². The molecule has 0 aromatic heterocycles. The van der Waals surface area contributed by atoms with Gasteiger partial charge in [0.15, 0.2) is 0 Å². The smallest absolute Gasteiger partial charge is 0.332 e. The van der Waals surface area contributed by atoms with E-state index >= 15 is 0 Å². The van der Waals surface area contributed by atoms with Crippen LogP contribution in [0.3, 0.4) is 0 Å². The average molecular weight is 157 g/mol. The van der Waals surface area contributed by atoms with Crippen molar-refractivity contribution < 1.29 is 9.53 Å². The standard InChI is InChI=1S/C8H15NO2/c1-4-5-11-8(10)6-7(2)9-3/h6,9H,4-5H2,1-3H3. The van der Waals surface area contributed by atoms with Gasteiger partial charge >= 0.3 is 5.97 Å². The van der Waals surface area contributed by atoms with Crippen molar-refractivity contribution in [2.24, 2.45) is 0 Å². The predicted octanol–water partition coefficient (Wildman–Crippen LogP) is 1.06. The average Bonchev–Trinajstić information content (AvgIpc) is 2.00. The second-order valence-corrected chi connectivity index (χ2v) is 2.24. The van der Waals surface area contributed by atoms with Gasteiger partial charge < -0.3 is 10.1 Å². The topological polar surface area (TPSA) is 38.3 Å². The molecule has 1 N–H and O–H groups in total. The molecule has 64 valence electrons. The zero-order valence-corrected chi connectivity index (χ0v) is 7.31. The normalized spacial score (nSPS) is 11.0. The first-order valence-corrected chi connectivity index (χ1v) is 3.73. The summed E-state index contributed by atoms with van der Waals surface area (Å²) >= 11 is 0. The highest BCUT2D eigenvalue weighted by Gasteiger charge is 1.95. The largest absolute Gasteiger partial charge is 0.462 e. The molecular formula is C8H15NO2. The summed E-state index contributed by atoms with van der Waals surface area (Å²) in [5.41, 5.74) is 0.811. The molecule has 0 heterocycles. The first-order chi connectivity index (χ1) is 5.20. The maximum atomic E-state index is 10.8. The van der Waals surface area contributed by atoms with Crippen molar-refractivity contribution in [2.45, 2.75) is 20.3 Å². The van der Waals surface area contributed by atoms with Crippen LogP contribution in [0.2, 0.25) is 0 Å². The number of carbonyl (C=O) groups excluding carboxylic acids is 1. The Labute approximate surface area is 67.4 Å². The number of esters is 1. The number of ether oxygens (including phenoxy) is 1. The molecule has 0 saturated heterocycles. The molecule has 0 atom stereocenters. The van der Waals surface area contributed by atoms with Crippen molar-refractivity contribution in [1.82, 2.24) is 5.32 Å². The molecule has 0 radical (unpaired) electrons. The highest BCUT2D eigenvalue weighted by Crippen LogP contribution is 1.88. The van der Waals surface area contributed by atoms with E-state index in [1.807, 2.05) is 13.8 Å². The Hall–Kier alpha value is -0.990. The number of hydrogen-bond acceptors (Lipinski definition) is 3. The van der Waals surface area contributed by atoms with Crippen LogP contribution in [-0.4, -0.2) is 19.6 Å². The Bertz CT molecular complexity index is 152. The highest BCUT2D eigenvalue weighted by molar-refractivity contribution is 5.82. The minimum atomic E-state index is -0.279. The third kappa shape index (κ3) is 5.45. The van der Waals surface area contributed by atoms with E-state index in [-0.39, 0.29) is 5.97 Å². The lowest BCUT2D eigenvalue weighted by atomic mass is 10.4. The Balaban J connectivity index is 3.67. The van der Waals surface area contributed by atoms with Gasteiger partial charge in [-0.3, -0.25) is 0 Å². The molecule has 3 nitrogen and oxygen atoms in total. The maximum absolute atomic E-state index is 10.8. The van der Waals surface area contributed by atoms with Crippen LogP contribution in [-0.2, 0) is 9.53 Å². The van der Waals surface area contributed by atoms with Crippen LogP contribution >= 0.6 is 0 Å². The third-order valence-electron chi connectivity index (χ3n) is 1.18. The van der Waals surface area contributed by atoms with Gasteiger partial charge in [0.05, 0.1) is 6.61 Å². The number of rotatable bonds is 4. The molecule has 0 bridgehead atoms. The number of hydrogen-bond donors (Lipinski definition) is 1. The minimum absolute atomic E-state index is 0.279. The van der Waals surface area contributed by atoms with Crippen molar-refractivity contribution in [3.8, 4) is 0 Å². The zero-order valence-electron chi connectivity index (χ0n) is 7.31. The van der Waals surface area contributed by atoms with Gasteiger partial charge in [-0.05, 0) is 13.3 Å². The second-order valence-electron chi connectivity index (χ2n) is 2.24. The maximum Gasteiger partial charge on any atom is 0.332 e. The fourth-order valence-electron chi connectivity index (χ4n) is 0.493. The summed E-state index contributed by atoms with van der Waals surface area (Å²) < 4.78 is 4.81. The van der Waals surface area contributed by atoms with Crippen LogP contribution in [0.1, 0.15) is 20.3 Å². The van der Waals surface area contributed by atoms with E-state index < -0.39 is 0 Å². The van der Waals surface area contributed by atoms with Crippen LogP contribution in [0.4, 0.5) is 0 Å². The van der Waals surface area contributed by atoms with Gasteiger partial charge in [0, 0.05) is 18.8 Å². The number of nitrogens with one attached hydrogen (secondary N) is 1. The summed E-state index contributed by atoms with van der Waals surface area (Å²) in [6.07, 6.45) is 2.30. The van der Waals surface area contributed by atoms with Crippen molar-refractivity contribution in [1.29, 1.82) is 0 Å². The van der Waals surface area contributed by atoms with Crippen molar-refractivity contribution in [2.75, 3.05) is 13.7 Å². The molecule has 3 heteroatoms. The fraction of sp³-hybridized carbons (Fsp3) is 0.625. The van der Waals surface area contributed by atoms with Gasteiger partial charge in [0.25, 0.3) is 0 Å². The van der Waals surface area contributed by atoms with Gasteiger partial charge in [-0.1, -0.05) is 6.92 Å². The monoisotopic (exact) mass is 157 g/mol. The van der Waals surface area contributed by atoms with Gasteiger partial charge in [-0.2, -0.15) is 0 Å². The van der Waals surface area contributed by atoms with Crippen LogP contribution in [0.5, 0.6) is 0 Å². The lowest BCUT2D eigenvalue weighted by molar-refractivity contribution is -0.137. The molecule has 11 heavy (non-hydrogen) atoms. The van der Waals surface area contributed by atoms with Crippen LogP contribution in [0, 0.1) is 0 Å². The SMILES string of the molecule is CCCOC(=O)C=C(C)NC. The molecule has 0 amide bonds. The van der Waals surface area contributed by atoms with Crippen molar-refractivity contribution >= 4 is 5.97 Å². The summed E-state index contributed by atoms with van der Waals surface area (Å²) in [6, 6.07) is 0. The summed E-state index contributed by atoms with van der Waals surface area (Å²) in [5.74, 6) is -0.279. The third-order valence-corrected chi connectivity index (χ3v) is 1.18. The molecular weight excluding hydrogens is 142 g/mol. The number of allylic oxidation sites excluding steroid dienone is 1. The van der Waals surface area contributed by atoms with E-state index in [0.717, 1.165) is 12.1 Å². The molecule has 0 rings (SSSR count). The summed E-state index contributed by atoms with van der Waals surface area (Å²) in [4.78, 5) is 10.8. The second kappa shape index (κ2) is 5.77. The molecule has 0 aliphatic carbocycles. The molecule has 0 fully saturated rings. The molecule has 0 aliphatic rings. The molecule has 0 aromatic rings. The van der Waals surface area contributed by atoms with Gasteiger partial charge in [0.2, 0.25) is 0 Å². The molecule has 0 unspecified atom stereocenters. The van der Waals surface area contributed by atoms with Gasteiger partial charge in [-0.25, -0.2) is 4.79 Å². The Morgan fingerprint density at radius 3 is 2.73 bits per heavy atom. The van der Waals surface area contributed by atoms with Gasteiger partial charge in [0.1, 0.15) is 0 Å². The molecule has 0 spiro atoms. The molecule has 0 aliphatic heterocycles. The lowest BCUT2D eigenvalue weighted by Crippen LogP contribution is -2.07. The zero-order chi connectivity index (χ0) is 8.69. The summed E-state index contributed by atoms with van der Waals surface area (Å²) in [7, 11) is 1.76. The van der Waals surface area contributed by atoms with E-state index in [9.17, 15) is 4.79 Å². The number of carbonyl (C=O) groups is 1. The minimum Gasteiger partial charge on any atom is -0.462 e. The quantitative estimate of drug-likeness (QED) is 0.490. The van der Waals surface area contributed by atoms with Crippen molar-refractivity contribution in [3.05, 3.63) is 11.8 Å². The molecule has 0 saturated carbocycles. The Morgan fingerprint density at radius 2 is 2.27 bits per heavy atom. The van der Waals surface area contributed by atoms with Gasteiger partial charge in [-0.15, -0.1) is 0 Å². The van der Waals surface area contributed by atoms with E-state index in [4.69, 9.17) is 4.74 Å². The first kappa shape index (κ1) is 10.0. The Morgan fingerprint density at radius 1 is 1.64 bits per heavy atom. The van der Waals surface area contributed by atoms with Crippen molar-refractivity contribution in [3.63, 3.8) is 0 Å². The van der Waals surface area contributed by atoms with Crippen LogP contribution in [0.15, 0.2) is 11.8 Å². The highest BCUT2D eigenvalue weighted by atomic mass is 16.5. The van der Waals surface area contributed by atoms with E-state index in [2.05, 4.69) is 5.32 Å². The van der Waals surface area contributed by atoms with E-state index in [1.54, 1.807) is 7.05 Å². The van der Waals surface area contributed by atoms with Crippen LogP contribution in [0.25, 0.3) is 0 Å². The summed E-state index contributed by atoms with van der Waals surface area (Å²) in [5, 5.41) is 2.83. The molecule has 0 aromatic carbocycles. The first-order valence-electron chi connectivity index (χ1n) is 3.73. The van der Waals surface area contributed by atoms with Crippen LogP contribution < -0.4 is 5.32 Å². The predicted molar refractivity (Wildman–Crippen MR) is 44.1 cm³/mol. The van der Waals surface area contributed by atoms with E-state index in [0.29, 0.717) is 6.61 Å². The lowest BCUT2D eigenvalue weighted by Gasteiger charge is -2.00. The summed E-state index contributed by atoms with van der Waals surface area (Å²) in [6.45, 7) is 4.27. The Kier molecular flexibility index (Phi) is 5.25. The fourth-order valence-corrected chi connectivity index (χ4v) is 0.493.